The molecule has 3 heteroatoms. The Morgan fingerprint density at radius 2 is 2.27 bits per heavy atom. The summed E-state index contributed by atoms with van der Waals surface area (Å²) in [6.45, 7) is 5.86. The third kappa shape index (κ3) is 2.25. The molecule has 1 atom stereocenters. The second-order valence-electron chi connectivity index (χ2n) is 4.11. The molecule has 3 nitrogen and oxygen atoms in total. The third-order valence-corrected chi connectivity index (χ3v) is 2.82. The van der Waals surface area contributed by atoms with Crippen molar-refractivity contribution in [2.75, 3.05) is 13.1 Å². The number of aryl methyl sites for hydroxylation is 2. The lowest BCUT2D eigenvalue weighted by Gasteiger charge is -2.19. The Labute approximate surface area is 90.4 Å². The topological polar surface area (TPSA) is 50.9 Å². The fourth-order valence-electron chi connectivity index (χ4n) is 1.77. The van der Waals surface area contributed by atoms with Crippen LogP contribution in [-0.4, -0.2) is 24.1 Å². The first-order valence-corrected chi connectivity index (χ1v) is 5.27. The predicted molar refractivity (Wildman–Crippen MR) is 62.5 cm³/mol. The Hall–Kier alpha value is -1.19. The maximum Gasteiger partial charge on any atom is 0.0402 e. The van der Waals surface area contributed by atoms with E-state index in [4.69, 9.17) is 5.73 Å². The molecule has 0 saturated heterocycles. The number of rotatable bonds is 1. The lowest BCUT2D eigenvalue weighted by molar-refractivity contribution is 0.662. The van der Waals surface area contributed by atoms with Crippen molar-refractivity contribution in [2.24, 2.45) is 5.73 Å². The molecule has 0 fully saturated rings. The molecule has 0 amide bonds. The Kier molecular flexibility index (Phi) is 2.84. The van der Waals surface area contributed by atoms with Crippen molar-refractivity contribution in [3.05, 3.63) is 35.2 Å². The molecule has 0 aliphatic carbocycles. The number of nitrogens with zero attached hydrogens (tertiary/aromatic N) is 1. The highest BCUT2D eigenvalue weighted by atomic mass is 14.9. The second kappa shape index (κ2) is 4.13. The van der Waals surface area contributed by atoms with Crippen molar-refractivity contribution in [1.29, 1.82) is 0 Å². The zero-order valence-corrected chi connectivity index (χ0v) is 9.25. The van der Waals surface area contributed by atoms with Crippen LogP contribution < -0.4 is 11.1 Å². The van der Waals surface area contributed by atoms with Gasteiger partial charge >= 0.3 is 0 Å². The van der Waals surface area contributed by atoms with Crippen LogP contribution in [0.1, 0.15) is 16.8 Å². The van der Waals surface area contributed by atoms with Crippen molar-refractivity contribution >= 4 is 5.57 Å². The van der Waals surface area contributed by atoms with Gasteiger partial charge in [-0.15, -0.1) is 0 Å². The molecule has 1 aromatic rings. The van der Waals surface area contributed by atoms with E-state index in [2.05, 4.69) is 29.4 Å². The van der Waals surface area contributed by atoms with Gasteiger partial charge in [0.2, 0.25) is 0 Å². The van der Waals surface area contributed by atoms with Gasteiger partial charge in [-0.1, -0.05) is 6.08 Å². The Balaban J connectivity index is 2.33. The number of hydrogen-bond acceptors (Lipinski definition) is 3. The van der Waals surface area contributed by atoms with Crippen LogP contribution >= 0.6 is 0 Å². The molecule has 1 unspecified atom stereocenters. The third-order valence-electron chi connectivity index (χ3n) is 2.82. The summed E-state index contributed by atoms with van der Waals surface area (Å²) in [6, 6.07) is 2.30. The van der Waals surface area contributed by atoms with Crippen molar-refractivity contribution < 1.29 is 0 Å². The molecular weight excluding hydrogens is 186 g/mol. The molecule has 0 radical (unpaired) electrons. The second-order valence-corrected chi connectivity index (χ2v) is 4.11. The molecule has 2 heterocycles. The highest BCUT2D eigenvalue weighted by molar-refractivity contribution is 5.68. The van der Waals surface area contributed by atoms with Gasteiger partial charge in [-0.25, -0.2) is 0 Å². The van der Waals surface area contributed by atoms with Crippen molar-refractivity contribution in [3.8, 4) is 0 Å². The molecule has 15 heavy (non-hydrogen) atoms. The van der Waals surface area contributed by atoms with Crippen LogP contribution in [0, 0.1) is 13.8 Å². The number of hydrogen-bond donors (Lipinski definition) is 2. The van der Waals surface area contributed by atoms with E-state index in [-0.39, 0.29) is 6.04 Å². The van der Waals surface area contributed by atoms with Gasteiger partial charge in [0.25, 0.3) is 0 Å². The van der Waals surface area contributed by atoms with Crippen LogP contribution in [0.4, 0.5) is 0 Å². The van der Waals surface area contributed by atoms with E-state index in [1.165, 1.54) is 16.7 Å². The summed E-state index contributed by atoms with van der Waals surface area (Å²) in [7, 11) is 0. The molecule has 3 N–H and O–H groups in total. The summed E-state index contributed by atoms with van der Waals surface area (Å²) in [5.74, 6) is 0. The lowest BCUT2D eigenvalue weighted by Crippen LogP contribution is -2.37. The van der Waals surface area contributed by atoms with Gasteiger partial charge in [-0.05, 0) is 36.6 Å². The maximum atomic E-state index is 5.87. The fraction of sp³-hybridized carbons (Fsp3) is 0.417. The highest BCUT2D eigenvalue weighted by Gasteiger charge is 2.11. The van der Waals surface area contributed by atoms with E-state index in [0.717, 1.165) is 18.8 Å². The molecule has 2 rings (SSSR count). The van der Waals surface area contributed by atoms with Gasteiger partial charge < -0.3 is 11.1 Å². The van der Waals surface area contributed by atoms with Crippen molar-refractivity contribution in [1.82, 2.24) is 10.3 Å². The van der Waals surface area contributed by atoms with Crippen LogP contribution in [-0.2, 0) is 0 Å². The number of nitrogens with two attached hydrogens (primary N) is 1. The maximum absolute atomic E-state index is 5.87. The van der Waals surface area contributed by atoms with Crippen molar-refractivity contribution in [3.63, 3.8) is 0 Å². The van der Waals surface area contributed by atoms with Crippen molar-refractivity contribution in [2.45, 2.75) is 19.9 Å². The molecule has 0 aromatic carbocycles. The Morgan fingerprint density at radius 1 is 1.47 bits per heavy atom. The molecule has 0 saturated carbocycles. The summed E-state index contributed by atoms with van der Waals surface area (Å²) >= 11 is 0. The van der Waals surface area contributed by atoms with E-state index in [1.54, 1.807) is 0 Å². The summed E-state index contributed by atoms with van der Waals surface area (Å²) in [5, 5.41) is 3.30. The van der Waals surface area contributed by atoms with Crippen LogP contribution in [0.15, 0.2) is 18.3 Å². The normalized spacial score (nSPS) is 21.3. The van der Waals surface area contributed by atoms with Crippen LogP contribution in [0.2, 0.25) is 0 Å². The average molecular weight is 203 g/mol. The minimum atomic E-state index is 0.121. The van der Waals surface area contributed by atoms with Crippen LogP contribution in [0.5, 0.6) is 0 Å². The molecule has 1 aliphatic heterocycles. The van der Waals surface area contributed by atoms with E-state index in [9.17, 15) is 0 Å². The SMILES string of the molecule is Cc1cc(C2=CC(N)CNC2)cnc1C. The Bertz CT molecular complexity index is 396. The molecular formula is C12H17N3. The summed E-state index contributed by atoms with van der Waals surface area (Å²) in [5.41, 5.74) is 10.6. The quantitative estimate of drug-likeness (QED) is 0.716. The van der Waals surface area contributed by atoms with Gasteiger partial charge in [0.05, 0.1) is 0 Å². The van der Waals surface area contributed by atoms with Gasteiger partial charge in [0.15, 0.2) is 0 Å². The zero-order chi connectivity index (χ0) is 10.8. The van der Waals surface area contributed by atoms with E-state index < -0.39 is 0 Å². The first-order valence-electron chi connectivity index (χ1n) is 5.27. The monoisotopic (exact) mass is 203 g/mol. The summed E-state index contributed by atoms with van der Waals surface area (Å²) in [4.78, 5) is 4.37. The van der Waals surface area contributed by atoms with Crippen LogP contribution in [0.3, 0.4) is 0 Å². The minimum Gasteiger partial charge on any atom is -0.323 e. The van der Waals surface area contributed by atoms with Gasteiger partial charge in [-0.2, -0.15) is 0 Å². The highest BCUT2D eigenvalue weighted by Crippen LogP contribution is 2.17. The summed E-state index contributed by atoms with van der Waals surface area (Å²) < 4.78 is 0. The van der Waals surface area contributed by atoms with Gasteiger partial charge in [-0.3, -0.25) is 4.98 Å². The first kappa shape index (κ1) is 10.3. The number of pyridine rings is 1. The van der Waals surface area contributed by atoms with Gasteiger partial charge in [0.1, 0.15) is 0 Å². The largest absolute Gasteiger partial charge is 0.323 e. The molecule has 0 spiro atoms. The Morgan fingerprint density at radius 3 is 2.93 bits per heavy atom. The molecule has 1 aliphatic rings. The average Bonchev–Trinajstić information content (AvgIpc) is 2.22. The van der Waals surface area contributed by atoms with E-state index in [1.807, 2.05) is 13.1 Å². The van der Waals surface area contributed by atoms with E-state index in [0.29, 0.717) is 0 Å². The fourth-order valence-corrected chi connectivity index (χ4v) is 1.77. The molecule has 1 aromatic heterocycles. The molecule has 80 valence electrons. The van der Waals surface area contributed by atoms with E-state index >= 15 is 0 Å². The lowest BCUT2D eigenvalue weighted by atomic mass is 10.0. The van der Waals surface area contributed by atoms with Crippen LogP contribution in [0.25, 0.3) is 5.57 Å². The number of aromatic nitrogens is 1. The predicted octanol–water partition coefficient (Wildman–Crippen LogP) is 1.01. The smallest absolute Gasteiger partial charge is 0.0402 e. The standard InChI is InChI=1S/C12H17N3/c1-8-3-10(6-15-9(8)2)11-4-12(13)7-14-5-11/h3-4,6,12,14H,5,7,13H2,1-2H3. The first-order chi connectivity index (χ1) is 7.16. The number of nitrogens with one attached hydrogen (secondary N) is 1. The summed E-state index contributed by atoms with van der Waals surface area (Å²) in [6.07, 6.45) is 4.05. The molecule has 0 bridgehead atoms. The zero-order valence-electron chi connectivity index (χ0n) is 9.25. The van der Waals surface area contributed by atoms with Gasteiger partial charge in [0, 0.05) is 31.0 Å². The minimum absolute atomic E-state index is 0.121.